The highest BCUT2D eigenvalue weighted by molar-refractivity contribution is 5.79. The van der Waals surface area contributed by atoms with E-state index in [0.717, 1.165) is 36.7 Å². The predicted molar refractivity (Wildman–Crippen MR) is 106 cm³/mol. The van der Waals surface area contributed by atoms with Gasteiger partial charge in [-0.1, -0.05) is 19.4 Å². The molecule has 1 aromatic carbocycles. The van der Waals surface area contributed by atoms with Crippen LogP contribution in [0.5, 0.6) is 5.75 Å². The van der Waals surface area contributed by atoms with Crippen LogP contribution in [-0.2, 0) is 11.2 Å². The molecule has 2 aliphatic heterocycles. The van der Waals surface area contributed by atoms with Gasteiger partial charge in [0.1, 0.15) is 11.6 Å². The number of carbonyl (C=O) groups excluding carboxylic acids is 1. The molecule has 0 spiro atoms. The lowest BCUT2D eigenvalue weighted by Crippen LogP contribution is -2.58. The van der Waals surface area contributed by atoms with Crippen molar-refractivity contribution in [3.05, 3.63) is 29.6 Å². The van der Waals surface area contributed by atoms with Crippen molar-refractivity contribution in [3.63, 3.8) is 0 Å². The van der Waals surface area contributed by atoms with Gasteiger partial charge < -0.3 is 15.0 Å². The number of rotatable bonds is 9. The minimum atomic E-state index is -2.81. The molecule has 1 aromatic rings. The molecule has 1 N–H and O–H groups in total. The van der Waals surface area contributed by atoms with E-state index in [4.69, 9.17) is 4.74 Å². The zero-order chi connectivity index (χ0) is 20.9. The van der Waals surface area contributed by atoms with Crippen LogP contribution in [0.2, 0.25) is 0 Å². The molecular formula is C22H31F3N2O2. The molecule has 0 radical (unpaired) electrons. The molecule has 2 aliphatic rings. The van der Waals surface area contributed by atoms with Gasteiger partial charge in [0.25, 0.3) is 5.92 Å². The number of likely N-dealkylation sites (tertiary alicyclic amines) is 1. The summed E-state index contributed by atoms with van der Waals surface area (Å²) in [5.74, 6) is -2.00. The fourth-order valence-corrected chi connectivity index (χ4v) is 4.15. The number of benzene rings is 1. The van der Waals surface area contributed by atoms with Gasteiger partial charge in [-0.3, -0.25) is 4.79 Å². The van der Waals surface area contributed by atoms with Crippen LogP contribution < -0.4 is 10.1 Å². The lowest BCUT2D eigenvalue weighted by Gasteiger charge is -2.38. The minimum absolute atomic E-state index is 0.204. The first-order valence-electron chi connectivity index (χ1n) is 10.6. The molecule has 7 heteroatoms. The first-order chi connectivity index (χ1) is 13.9. The molecule has 4 nitrogen and oxygen atoms in total. The fourth-order valence-electron chi connectivity index (χ4n) is 4.15. The molecule has 0 saturated carbocycles. The summed E-state index contributed by atoms with van der Waals surface area (Å²) in [6.45, 7) is 3.78. The Hall–Kier alpha value is -1.76. The first kappa shape index (κ1) is 21.9. The predicted octanol–water partition coefficient (Wildman–Crippen LogP) is 4.03. The van der Waals surface area contributed by atoms with Crippen LogP contribution in [0.1, 0.15) is 44.6 Å². The van der Waals surface area contributed by atoms with E-state index in [2.05, 4.69) is 12.2 Å². The zero-order valence-corrected chi connectivity index (χ0v) is 17.1. The summed E-state index contributed by atoms with van der Waals surface area (Å²) in [7, 11) is 0. The molecule has 29 heavy (non-hydrogen) atoms. The second kappa shape index (κ2) is 9.83. The number of ether oxygens (including phenoxy) is 1. The zero-order valence-electron chi connectivity index (χ0n) is 17.1. The summed E-state index contributed by atoms with van der Waals surface area (Å²) in [4.78, 5) is 13.0. The number of hydrogen-bond acceptors (Lipinski definition) is 3. The van der Waals surface area contributed by atoms with Crippen molar-refractivity contribution in [1.29, 1.82) is 0 Å². The van der Waals surface area contributed by atoms with Gasteiger partial charge in [-0.05, 0) is 62.2 Å². The number of hydrogen-bond donors (Lipinski definition) is 1. The summed E-state index contributed by atoms with van der Waals surface area (Å²) in [5.41, 5.74) is 0.204. The van der Waals surface area contributed by atoms with Crippen LogP contribution in [0.4, 0.5) is 13.2 Å². The summed E-state index contributed by atoms with van der Waals surface area (Å²) < 4.78 is 45.8. The summed E-state index contributed by atoms with van der Waals surface area (Å²) in [6, 6.07) is 4.43. The van der Waals surface area contributed by atoms with Crippen molar-refractivity contribution in [3.8, 4) is 5.75 Å². The number of halogens is 3. The number of nitrogens with one attached hydrogen (secondary N) is 1. The fraction of sp³-hybridized carbons (Fsp3) is 0.682. The molecule has 1 amide bonds. The highest BCUT2D eigenvalue weighted by atomic mass is 19.3. The third-order valence-electron chi connectivity index (χ3n) is 6.06. The molecule has 2 fully saturated rings. The average molecular weight is 412 g/mol. The Morgan fingerprint density at radius 1 is 1.31 bits per heavy atom. The van der Waals surface area contributed by atoms with E-state index in [1.807, 2.05) is 0 Å². The van der Waals surface area contributed by atoms with Crippen LogP contribution in [-0.4, -0.2) is 49.5 Å². The van der Waals surface area contributed by atoms with Gasteiger partial charge in [0.15, 0.2) is 0 Å². The van der Waals surface area contributed by atoms with Gasteiger partial charge in [0.2, 0.25) is 5.91 Å². The van der Waals surface area contributed by atoms with E-state index in [-0.39, 0.29) is 12.0 Å². The van der Waals surface area contributed by atoms with Crippen molar-refractivity contribution < 1.29 is 22.7 Å². The number of amides is 1. The monoisotopic (exact) mass is 412 g/mol. The van der Waals surface area contributed by atoms with E-state index in [0.29, 0.717) is 18.3 Å². The molecule has 0 bridgehead atoms. The van der Waals surface area contributed by atoms with Crippen molar-refractivity contribution in [2.24, 2.45) is 11.8 Å². The number of alkyl halides is 2. The standard InChI is InChI=1S/C22H31F3N2O2/c1-2-16(11-17-5-8-26-9-6-17)7-10-29-19-4-3-18(20(23)13-19)12-21(28)27-14-22(24,25)15-27/h3-4,13,16-17,26H,2,5-12,14-15H2,1H3. The van der Waals surface area contributed by atoms with Crippen molar-refractivity contribution >= 4 is 5.91 Å². The minimum Gasteiger partial charge on any atom is -0.493 e. The topological polar surface area (TPSA) is 41.6 Å². The number of nitrogens with zero attached hydrogens (tertiary/aromatic N) is 1. The molecule has 2 heterocycles. The maximum Gasteiger partial charge on any atom is 0.282 e. The smallest absolute Gasteiger partial charge is 0.282 e. The van der Waals surface area contributed by atoms with Gasteiger partial charge in [0, 0.05) is 6.07 Å². The largest absolute Gasteiger partial charge is 0.493 e. The second-order valence-electron chi connectivity index (χ2n) is 8.38. The number of piperidine rings is 1. The Kier molecular flexibility index (Phi) is 7.44. The quantitative estimate of drug-likeness (QED) is 0.666. The van der Waals surface area contributed by atoms with Gasteiger partial charge >= 0.3 is 0 Å². The van der Waals surface area contributed by atoms with Gasteiger partial charge in [-0.2, -0.15) is 0 Å². The van der Waals surface area contributed by atoms with E-state index in [9.17, 15) is 18.0 Å². The Balaban J connectivity index is 1.43. The van der Waals surface area contributed by atoms with Crippen molar-refractivity contribution in [2.75, 3.05) is 32.8 Å². The first-order valence-corrected chi connectivity index (χ1v) is 10.6. The van der Waals surface area contributed by atoms with Crippen LogP contribution in [0, 0.1) is 17.7 Å². The van der Waals surface area contributed by atoms with Crippen LogP contribution in [0.3, 0.4) is 0 Å². The maximum atomic E-state index is 14.3. The van der Waals surface area contributed by atoms with Crippen molar-refractivity contribution in [1.82, 2.24) is 10.2 Å². The number of carbonyl (C=O) groups is 1. The molecule has 1 unspecified atom stereocenters. The van der Waals surface area contributed by atoms with E-state index in [1.165, 1.54) is 31.4 Å². The molecule has 3 rings (SSSR count). The van der Waals surface area contributed by atoms with Crippen LogP contribution in [0.15, 0.2) is 18.2 Å². The normalized spacial score (nSPS) is 20.2. The molecular weight excluding hydrogens is 381 g/mol. The Morgan fingerprint density at radius 2 is 2.03 bits per heavy atom. The lowest BCUT2D eigenvalue weighted by molar-refractivity contribution is -0.165. The Labute approximate surface area is 170 Å². The summed E-state index contributed by atoms with van der Waals surface area (Å²) >= 11 is 0. The van der Waals surface area contributed by atoms with E-state index < -0.39 is 30.7 Å². The van der Waals surface area contributed by atoms with Crippen LogP contribution >= 0.6 is 0 Å². The molecule has 2 saturated heterocycles. The summed E-state index contributed by atoms with van der Waals surface area (Å²) in [5, 5.41) is 3.39. The molecule has 0 aromatic heterocycles. The van der Waals surface area contributed by atoms with Crippen LogP contribution in [0.25, 0.3) is 0 Å². The SMILES string of the molecule is CCC(CCOc1ccc(CC(=O)N2CC(F)(F)C2)c(F)c1)CC1CCNCC1. The maximum absolute atomic E-state index is 14.3. The average Bonchev–Trinajstić information content (AvgIpc) is 2.68. The van der Waals surface area contributed by atoms with E-state index in [1.54, 1.807) is 6.07 Å². The summed E-state index contributed by atoms with van der Waals surface area (Å²) in [6.07, 6.45) is 5.52. The molecule has 162 valence electrons. The Bertz CT molecular complexity index is 685. The highest BCUT2D eigenvalue weighted by Crippen LogP contribution is 2.28. The molecule has 0 aliphatic carbocycles. The molecule has 1 atom stereocenters. The lowest BCUT2D eigenvalue weighted by atomic mass is 9.85. The van der Waals surface area contributed by atoms with Crippen molar-refractivity contribution in [2.45, 2.75) is 51.4 Å². The highest BCUT2D eigenvalue weighted by Gasteiger charge is 2.46. The van der Waals surface area contributed by atoms with Gasteiger partial charge in [-0.15, -0.1) is 0 Å². The van der Waals surface area contributed by atoms with Gasteiger partial charge in [0.05, 0.1) is 26.1 Å². The second-order valence-corrected chi connectivity index (χ2v) is 8.38. The Morgan fingerprint density at radius 3 is 2.66 bits per heavy atom. The van der Waals surface area contributed by atoms with E-state index >= 15 is 0 Å². The third-order valence-corrected chi connectivity index (χ3v) is 6.06. The third kappa shape index (κ3) is 6.36. The van der Waals surface area contributed by atoms with Gasteiger partial charge in [-0.25, -0.2) is 13.2 Å².